The van der Waals surface area contributed by atoms with Gasteiger partial charge in [0.1, 0.15) is 17.3 Å². The van der Waals surface area contributed by atoms with Crippen molar-refractivity contribution in [1.29, 1.82) is 0 Å². The van der Waals surface area contributed by atoms with E-state index >= 15 is 0 Å². The van der Waals surface area contributed by atoms with Crippen LogP contribution in [-0.4, -0.2) is 31.5 Å². The molecule has 0 fully saturated rings. The smallest absolute Gasteiger partial charge is 0.323 e. The lowest BCUT2D eigenvalue weighted by Gasteiger charge is -2.19. The van der Waals surface area contributed by atoms with E-state index in [9.17, 15) is 13.2 Å². The molecule has 1 aromatic heterocycles. The molecule has 0 saturated heterocycles. The van der Waals surface area contributed by atoms with Crippen LogP contribution in [0.5, 0.6) is 11.5 Å². The molecule has 0 aliphatic heterocycles. The number of nitrogens with zero attached hydrogens (tertiary/aromatic N) is 3. The third-order valence-corrected chi connectivity index (χ3v) is 6.92. The van der Waals surface area contributed by atoms with E-state index in [0.717, 1.165) is 11.4 Å². The van der Waals surface area contributed by atoms with Crippen LogP contribution in [0, 0.1) is 0 Å². The quantitative estimate of drug-likeness (QED) is 0.164. The summed E-state index contributed by atoms with van der Waals surface area (Å²) in [5, 5.41) is 13.8. The van der Waals surface area contributed by atoms with Crippen LogP contribution in [0.25, 0.3) is 0 Å². The van der Waals surface area contributed by atoms with Gasteiger partial charge in [-0.2, -0.15) is 4.98 Å². The average Bonchev–Trinajstić information content (AvgIpc) is 2.98. The van der Waals surface area contributed by atoms with Crippen molar-refractivity contribution in [3.8, 4) is 11.5 Å². The van der Waals surface area contributed by atoms with E-state index in [1.807, 2.05) is 54.4 Å². The summed E-state index contributed by atoms with van der Waals surface area (Å²) in [7, 11) is -2.00. The molecule has 5 rings (SSSR count). The highest BCUT2D eigenvalue weighted by Crippen LogP contribution is 2.26. The van der Waals surface area contributed by atoms with Crippen molar-refractivity contribution in [2.24, 2.45) is 5.14 Å². The molecule has 0 atom stereocenters. The zero-order valence-corrected chi connectivity index (χ0v) is 23.2. The first-order valence-electron chi connectivity index (χ1n) is 12.7. The lowest BCUT2D eigenvalue weighted by molar-refractivity contribution is 0.262. The van der Waals surface area contributed by atoms with Crippen molar-refractivity contribution in [2.45, 2.75) is 4.90 Å². The Labute approximate surface area is 243 Å². The Morgan fingerprint density at radius 1 is 0.786 bits per heavy atom. The van der Waals surface area contributed by atoms with Crippen molar-refractivity contribution in [3.63, 3.8) is 0 Å². The molecule has 11 nitrogen and oxygen atoms in total. The first kappa shape index (κ1) is 28.1. The van der Waals surface area contributed by atoms with Crippen LogP contribution in [0.2, 0.25) is 0 Å². The van der Waals surface area contributed by atoms with Crippen molar-refractivity contribution >= 4 is 50.6 Å². The van der Waals surface area contributed by atoms with E-state index in [4.69, 9.17) is 9.88 Å². The van der Waals surface area contributed by atoms with Crippen molar-refractivity contribution < 1.29 is 17.9 Å². The molecule has 5 N–H and O–H groups in total. The summed E-state index contributed by atoms with van der Waals surface area (Å²) in [5.41, 5.74) is 2.52. The fourth-order valence-electron chi connectivity index (χ4n) is 3.90. The number of hydrogen-bond donors (Lipinski definition) is 4. The van der Waals surface area contributed by atoms with Gasteiger partial charge in [-0.1, -0.05) is 24.3 Å². The standard InChI is InChI=1S/C30H27N7O4S/c1-37(28-18-19-32-29(36-28)33-23-6-5-9-27(20-23)42(31,39)40)24-14-10-21(11-15-24)34-30(38)35-22-12-16-26(17-13-22)41-25-7-3-2-4-8-25/h2-20H,1H3,(H2,31,39,40)(H,32,33,36)(H2,34,35,38). The molecular weight excluding hydrogens is 554 g/mol. The lowest BCUT2D eigenvalue weighted by Crippen LogP contribution is -2.19. The molecule has 0 aliphatic rings. The predicted octanol–water partition coefficient (Wildman–Crippen LogP) is 6.07. The molecule has 0 radical (unpaired) electrons. The molecule has 0 saturated carbocycles. The number of benzene rings is 4. The third-order valence-electron chi connectivity index (χ3n) is 6.01. The van der Waals surface area contributed by atoms with E-state index < -0.39 is 10.0 Å². The highest BCUT2D eigenvalue weighted by Gasteiger charge is 2.11. The second-order valence-corrected chi connectivity index (χ2v) is 10.6. The Hall–Kier alpha value is -5.46. The van der Waals surface area contributed by atoms with Gasteiger partial charge in [0, 0.05) is 36.0 Å². The first-order chi connectivity index (χ1) is 20.2. The van der Waals surface area contributed by atoms with Gasteiger partial charge in [0.2, 0.25) is 16.0 Å². The van der Waals surface area contributed by atoms with Gasteiger partial charge < -0.3 is 25.6 Å². The van der Waals surface area contributed by atoms with Gasteiger partial charge in [-0.15, -0.1) is 0 Å². The number of carbonyl (C=O) groups is 1. The Bertz CT molecular complexity index is 1780. The maximum absolute atomic E-state index is 12.5. The summed E-state index contributed by atoms with van der Waals surface area (Å²) in [6.07, 6.45) is 1.59. The van der Waals surface area contributed by atoms with Gasteiger partial charge in [0.25, 0.3) is 0 Å². The van der Waals surface area contributed by atoms with Crippen LogP contribution in [0.15, 0.2) is 120 Å². The maximum Gasteiger partial charge on any atom is 0.323 e. The first-order valence-corrected chi connectivity index (χ1v) is 14.3. The number of urea groups is 1. The highest BCUT2D eigenvalue weighted by atomic mass is 32.2. The molecule has 42 heavy (non-hydrogen) atoms. The van der Waals surface area contributed by atoms with Crippen LogP contribution in [0.1, 0.15) is 0 Å². The molecule has 5 aromatic rings. The molecular formula is C30H27N7O4S. The van der Waals surface area contributed by atoms with E-state index in [2.05, 4.69) is 25.9 Å². The molecule has 12 heteroatoms. The normalized spacial score (nSPS) is 10.9. The molecule has 0 unspecified atom stereocenters. The molecule has 0 bridgehead atoms. The zero-order chi connectivity index (χ0) is 29.5. The Kier molecular flexibility index (Phi) is 8.27. The SMILES string of the molecule is CN(c1ccc(NC(=O)Nc2ccc(Oc3ccccc3)cc2)cc1)c1ccnc(Nc2cccc(S(N)(=O)=O)c2)n1. The molecule has 2 amide bonds. The molecule has 1 heterocycles. The van der Waals surface area contributed by atoms with Gasteiger partial charge >= 0.3 is 6.03 Å². The molecule has 212 valence electrons. The van der Waals surface area contributed by atoms with Gasteiger partial charge in [-0.3, -0.25) is 0 Å². The number of hydrogen-bond acceptors (Lipinski definition) is 8. The Balaban J connectivity index is 1.18. The Morgan fingerprint density at radius 3 is 2.10 bits per heavy atom. The Morgan fingerprint density at radius 2 is 1.43 bits per heavy atom. The number of para-hydroxylation sites is 1. The van der Waals surface area contributed by atoms with Crippen molar-refractivity contribution in [1.82, 2.24) is 9.97 Å². The largest absolute Gasteiger partial charge is 0.457 e. The summed E-state index contributed by atoms with van der Waals surface area (Å²) in [6.45, 7) is 0. The number of carbonyl (C=O) groups excluding carboxylic acids is 1. The van der Waals surface area contributed by atoms with Gasteiger partial charge in [0.15, 0.2) is 0 Å². The molecule has 0 spiro atoms. The summed E-state index contributed by atoms with van der Waals surface area (Å²) >= 11 is 0. The number of rotatable bonds is 9. The molecule has 4 aromatic carbocycles. The minimum atomic E-state index is -3.84. The van der Waals surface area contributed by atoms with Crippen LogP contribution in [-0.2, 0) is 10.0 Å². The van der Waals surface area contributed by atoms with Crippen LogP contribution < -0.4 is 30.7 Å². The van der Waals surface area contributed by atoms with E-state index in [0.29, 0.717) is 28.6 Å². The highest BCUT2D eigenvalue weighted by molar-refractivity contribution is 7.89. The number of anilines is 6. The minimum Gasteiger partial charge on any atom is -0.457 e. The van der Waals surface area contributed by atoms with E-state index in [1.165, 1.54) is 12.1 Å². The number of sulfonamides is 1. The number of nitrogens with two attached hydrogens (primary N) is 1. The lowest BCUT2D eigenvalue weighted by atomic mass is 10.2. The number of aromatic nitrogens is 2. The second-order valence-electron chi connectivity index (χ2n) is 9.06. The second kappa shape index (κ2) is 12.4. The summed E-state index contributed by atoms with van der Waals surface area (Å²) < 4.78 is 29.1. The van der Waals surface area contributed by atoms with Gasteiger partial charge in [-0.25, -0.2) is 23.3 Å². The number of ether oxygens (including phenoxy) is 1. The summed E-state index contributed by atoms with van der Waals surface area (Å²) in [5.74, 6) is 2.26. The zero-order valence-electron chi connectivity index (χ0n) is 22.4. The van der Waals surface area contributed by atoms with Crippen LogP contribution in [0.3, 0.4) is 0 Å². The topological polar surface area (TPSA) is 152 Å². The molecule has 0 aliphatic carbocycles. The average molecular weight is 582 g/mol. The fraction of sp³-hybridized carbons (Fsp3) is 0.0333. The minimum absolute atomic E-state index is 0.0190. The maximum atomic E-state index is 12.5. The van der Waals surface area contributed by atoms with Crippen molar-refractivity contribution in [2.75, 3.05) is 27.9 Å². The van der Waals surface area contributed by atoms with E-state index in [1.54, 1.807) is 60.8 Å². The van der Waals surface area contributed by atoms with Crippen LogP contribution >= 0.6 is 0 Å². The summed E-state index contributed by atoms with van der Waals surface area (Å²) in [4.78, 5) is 23.1. The van der Waals surface area contributed by atoms with E-state index in [-0.39, 0.29) is 16.9 Å². The van der Waals surface area contributed by atoms with Gasteiger partial charge in [0.05, 0.1) is 4.90 Å². The number of nitrogens with one attached hydrogen (secondary N) is 3. The summed E-state index contributed by atoms with van der Waals surface area (Å²) in [6, 6.07) is 31.2. The monoisotopic (exact) mass is 581 g/mol. The third kappa shape index (κ3) is 7.38. The number of primary sulfonamides is 1. The number of amides is 2. The van der Waals surface area contributed by atoms with Gasteiger partial charge in [-0.05, 0) is 84.9 Å². The predicted molar refractivity (Wildman–Crippen MR) is 163 cm³/mol. The van der Waals surface area contributed by atoms with Crippen LogP contribution in [0.4, 0.5) is 39.3 Å². The van der Waals surface area contributed by atoms with Crippen molar-refractivity contribution in [3.05, 3.63) is 115 Å². The fourth-order valence-corrected chi connectivity index (χ4v) is 4.46.